The molecule has 2 heterocycles. The molecule has 28 heavy (non-hydrogen) atoms. The molecule has 5 atom stereocenters. The molecule has 7 heteroatoms. The fourth-order valence-electron chi connectivity index (χ4n) is 6.93. The number of urea groups is 1. The molecule has 2 aliphatic heterocycles. The molecule has 3 N–H and O–H groups in total. The minimum Gasteiger partial charge on any atom is -0.508 e. The molecule has 7 nitrogen and oxygen atoms in total. The third-order valence-corrected chi connectivity index (χ3v) is 8.21. The number of likely N-dealkylation sites (N-methyl/N-ethyl adjacent to an activating group) is 2. The van der Waals surface area contributed by atoms with E-state index in [9.17, 15) is 19.8 Å². The van der Waals surface area contributed by atoms with Crippen LogP contribution in [0.1, 0.15) is 36.8 Å². The number of fused-ring (bicyclic) bond motifs is 3. The van der Waals surface area contributed by atoms with Crippen molar-refractivity contribution in [3.05, 3.63) is 29.3 Å². The van der Waals surface area contributed by atoms with E-state index in [1.807, 2.05) is 20.0 Å². The number of aryl methyl sites for hydroxylation is 1. The number of carbonyl (C=O) groups excluding carboxylic acids is 2. The number of phenols is 1. The highest BCUT2D eigenvalue weighted by atomic mass is 16.3. The van der Waals surface area contributed by atoms with Gasteiger partial charge in [-0.1, -0.05) is 6.07 Å². The molecule has 5 rings (SSSR count). The standard InChI is InChI=1S/C21H27N3O4/c1-12-4-5-14(25)8-15(12)19-9-13-10-23(2)16(13)21(19,28)7-6-20(11-19)17(26)22-18(27)24(20)3/h4-5,8,13,16,25,28H,6-7,9-11H2,1-3H3,(H,22,26,27)/t13?,16-,19-,20+,21-/m1/s1. The lowest BCUT2D eigenvalue weighted by Crippen LogP contribution is -2.69. The maximum Gasteiger partial charge on any atom is 0.324 e. The molecular weight excluding hydrogens is 358 g/mol. The fraction of sp³-hybridized carbons (Fsp3) is 0.619. The minimum absolute atomic E-state index is 0.0390. The van der Waals surface area contributed by atoms with E-state index >= 15 is 0 Å². The number of benzene rings is 1. The zero-order valence-corrected chi connectivity index (χ0v) is 16.5. The zero-order chi connectivity index (χ0) is 20.1. The smallest absolute Gasteiger partial charge is 0.324 e. The van der Waals surface area contributed by atoms with Crippen LogP contribution in [0.3, 0.4) is 0 Å². The molecule has 0 radical (unpaired) electrons. The lowest BCUT2D eigenvalue weighted by molar-refractivity contribution is -0.151. The Bertz CT molecular complexity index is 904. The van der Waals surface area contributed by atoms with Crippen LogP contribution in [0.4, 0.5) is 4.79 Å². The summed E-state index contributed by atoms with van der Waals surface area (Å²) >= 11 is 0. The summed E-state index contributed by atoms with van der Waals surface area (Å²) in [7, 11) is 3.70. The Hall–Kier alpha value is -2.12. The van der Waals surface area contributed by atoms with Crippen LogP contribution < -0.4 is 5.32 Å². The van der Waals surface area contributed by atoms with Crippen molar-refractivity contribution in [2.45, 2.75) is 55.2 Å². The third kappa shape index (κ3) is 1.86. The van der Waals surface area contributed by atoms with Gasteiger partial charge in [-0.15, -0.1) is 0 Å². The van der Waals surface area contributed by atoms with Gasteiger partial charge in [0.1, 0.15) is 11.3 Å². The van der Waals surface area contributed by atoms with Gasteiger partial charge < -0.3 is 15.1 Å². The number of phenolic OH excluding ortho intramolecular Hbond substituents is 1. The van der Waals surface area contributed by atoms with E-state index in [1.54, 1.807) is 19.2 Å². The number of nitrogens with zero attached hydrogens (tertiary/aromatic N) is 2. The lowest BCUT2D eigenvalue weighted by atomic mass is 9.54. The van der Waals surface area contributed by atoms with Crippen molar-refractivity contribution in [3.63, 3.8) is 0 Å². The van der Waals surface area contributed by atoms with Gasteiger partial charge in [0.15, 0.2) is 0 Å². The molecular formula is C21H27N3O4. The van der Waals surface area contributed by atoms with Crippen molar-refractivity contribution in [1.29, 1.82) is 0 Å². The maximum atomic E-state index is 12.9. The van der Waals surface area contributed by atoms with Crippen LogP contribution in [0.25, 0.3) is 0 Å². The number of aromatic hydroxyl groups is 1. The van der Waals surface area contributed by atoms with Gasteiger partial charge in [0.2, 0.25) is 0 Å². The predicted octanol–water partition coefficient (Wildman–Crippen LogP) is 1.11. The summed E-state index contributed by atoms with van der Waals surface area (Å²) in [4.78, 5) is 28.9. The quantitative estimate of drug-likeness (QED) is 0.630. The molecule has 2 saturated heterocycles. The van der Waals surface area contributed by atoms with Crippen molar-refractivity contribution in [2.75, 3.05) is 20.6 Å². The zero-order valence-electron chi connectivity index (χ0n) is 16.5. The highest BCUT2D eigenvalue weighted by Crippen LogP contribution is 2.65. The summed E-state index contributed by atoms with van der Waals surface area (Å²) in [6.07, 6.45) is 2.00. The van der Waals surface area contributed by atoms with E-state index in [0.29, 0.717) is 25.2 Å². The van der Waals surface area contributed by atoms with Gasteiger partial charge in [0.25, 0.3) is 5.91 Å². The number of hydrogen-bond acceptors (Lipinski definition) is 5. The highest BCUT2D eigenvalue weighted by Gasteiger charge is 2.74. The second kappa shape index (κ2) is 5.27. The largest absolute Gasteiger partial charge is 0.508 e. The Kier molecular flexibility index (Phi) is 3.38. The van der Waals surface area contributed by atoms with Crippen molar-refractivity contribution >= 4 is 11.9 Å². The Morgan fingerprint density at radius 2 is 1.96 bits per heavy atom. The Balaban J connectivity index is 1.72. The average molecular weight is 385 g/mol. The number of carbonyl (C=O) groups is 2. The molecule has 2 saturated carbocycles. The second-order valence-electron chi connectivity index (χ2n) is 9.38. The molecule has 4 fully saturated rings. The van der Waals surface area contributed by atoms with Gasteiger partial charge in [-0.3, -0.25) is 15.0 Å². The number of imide groups is 1. The molecule has 4 aliphatic rings. The SMILES string of the molecule is Cc1ccc(O)cc1[C@]12CC3CN(C)[C@H]3[C@]1(O)CC[C@]1(C2)C(=O)NC(=O)N1C. The van der Waals surface area contributed by atoms with E-state index in [-0.39, 0.29) is 23.7 Å². The van der Waals surface area contributed by atoms with Gasteiger partial charge in [0.05, 0.1) is 5.60 Å². The highest BCUT2D eigenvalue weighted by molar-refractivity contribution is 6.07. The first-order valence-electron chi connectivity index (χ1n) is 9.97. The summed E-state index contributed by atoms with van der Waals surface area (Å²) in [6, 6.07) is 4.93. The normalized spacial score (nSPS) is 42.4. The van der Waals surface area contributed by atoms with Crippen LogP contribution >= 0.6 is 0 Å². The fourth-order valence-corrected chi connectivity index (χ4v) is 6.93. The van der Waals surface area contributed by atoms with Gasteiger partial charge in [-0.25, -0.2) is 4.79 Å². The first kappa shape index (κ1) is 17.9. The Morgan fingerprint density at radius 1 is 1.21 bits per heavy atom. The van der Waals surface area contributed by atoms with E-state index in [4.69, 9.17) is 0 Å². The number of nitrogens with one attached hydrogen (secondary N) is 1. The summed E-state index contributed by atoms with van der Waals surface area (Å²) < 4.78 is 0. The predicted molar refractivity (Wildman–Crippen MR) is 102 cm³/mol. The van der Waals surface area contributed by atoms with Gasteiger partial charge in [-0.2, -0.15) is 0 Å². The van der Waals surface area contributed by atoms with Gasteiger partial charge >= 0.3 is 6.03 Å². The van der Waals surface area contributed by atoms with Gasteiger partial charge in [-0.05, 0) is 68.8 Å². The molecule has 150 valence electrons. The monoisotopic (exact) mass is 385 g/mol. The molecule has 0 aromatic heterocycles. The molecule has 2 aliphatic carbocycles. The van der Waals surface area contributed by atoms with Crippen LogP contribution in [-0.4, -0.2) is 69.8 Å². The van der Waals surface area contributed by atoms with E-state index < -0.39 is 16.6 Å². The van der Waals surface area contributed by atoms with Gasteiger partial charge in [0, 0.05) is 25.0 Å². The summed E-state index contributed by atoms with van der Waals surface area (Å²) in [5, 5.41) is 24.8. The van der Waals surface area contributed by atoms with E-state index in [0.717, 1.165) is 24.1 Å². The van der Waals surface area contributed by atoms with Crippen molar-refractivity contribution in [1.82, 2.24) is 15.1 Å². The summed E-state index contributed by atoms with van der Waals surface area (Å²) in [5.74, 6) is 0.231. The number of likely N-dealkylation sites (tertiary alicyclic amines) is 1. The molecule has 1 unspecified atom stereocenters. The number of hydrogen-bond donors (Lipinski definition) is 3. The number of amides is 3. The van der Waals surface area contributed by atoms with E-state index in [2.05, 4.69) is 10.2 Å². The van der Waals surface area contributed by atoms with Crippen LogP contribution in [0.2, 0.25) is 0 Å². The molecule has 1 aromatic rings. The number of aliphatic hydroxyl groups is 1. The number of rotatable bonds is 1. The van der Waals surface area contributed by atoms with Crippen LogP contribution in [-0.2, 0) is 10.2 Å². The summed E-state index contributed by atoms with van der Waals surface area (Å²) in [6.45, 7) is 2.90. The van der Waals surface area contributed by atoms with Crippen LogP contribution in [0, 0.1) is 12.8 Å². The van der Waals surface area contributed by atoms with Crippen molar-refractivity contribution in [3.8, 4) is 5.75 Å². The molecule has 1 spiro atoms. The second-order valence-corrected chi connectivity index (χ2v) is 9.38. The van der Waals surface area contributed by atoms with Crippen LogP contribution in [0.5, 0.6) is 5.75 Å². The van der Waals surface area contributed by atoms with Crippen molar-refractivity contribution < 1.29 is 19.8 Å². The third-order valence-electron chi connectivity index (χ3n) is 8.21. The Morgan fingerprint density at radius 3 is 2.61 bits per heavy atom. The average Bonchev–Trinajstić information content (AvgIpc) is 2.96. The van der Waals surface area contributed by atoms with Crippen LogP contribution in [0.15, 0.2) is 18.2 Å². The Labute approximate surface area is 164 Å². The molecule has 1 aromatic carbocycles. The topological polar surface area (TPSA) is 93.1 Å². The maximum absolute atomic E-state index is 12.9. The minimum atomic E-state index is -0.999. The summed E-state index contributed by atoms with van der Waals surface area (Å²) in [5.41, 5.74) is -0.753. The first-order chi connectivity index (χ1) is 13.1. The molecule has 0 bridgehead atoms. The van der Waals surface area contributed by atoms with Crippen molar-refractivity contribution in [2.24, 2.45) is 5.92 Å². The molecule has 3 amide bonds. The first-order valence-corrected chi connectivity index (χ1v) is 9.97. The lowest BCUT2D eigenvalue weighted by Gasteiger charge is -2.57. The van der Waals surface area contributed by atoms with E-state index in [1.165, 1.54) is 4.90 Å².